The summed E-state index contributed by atoms with van der Waals surface area (Å²) in [4.78, 5) is 22.0. The summed E-state index contributed by atoms with van der Waals surface area (Å²) in [6.45, 7) is 1.03. The maximum atomic E-state index is 11.7. The maximum absolute atomic E-state index is 11.7. The van der Waals surface area contributed by atoms with E-state index in [2.05, 4.69) is 10.6 Å². The number of nitrogens with one attached hydrogen (secondary N) is 2. The highest BCUT2D eigenvalue weighted by Crippen LogP contribution is 2.23. The van der Waals surface area contributed by atoms with E-state index in [9.17, 15) is 9.59 Å². The van der Waals surface area contributed by atoms with Crippen LogP contribution >= 0.6 is 0 Å². The summed E-state index contributed by atoms with van der Waals surface area (Å²) in [5, 5.41) is 5.63. The number of ether oxygens (including phenoxy) is 1. The Bertz CT molecular complexity index is 442. The molecular weight excluding hydrogens is 268 g/mol. The number of hydrogen-bond donors (Lipinski definition) is 2. The lowest BCUT2D eigenvalue weighted by Gasteiger charge is -2.28. The van der Waals surface area contributed by atoms with E-state index in [1.165, 1.54) is 0 Å². The molecule has 1 saturated carbocycles. The van der Waals surface area contributed by atoms with Crippen molar-refractivity contribution in [2.75, 3.05) is 6.54 Å². The molecule has 1 aromatic carbocycles. The monoisotopic (exact) mass is 290 g/mol. The minimum absolute atomic E-state index is 0.181. The van der Waals surface area contributed by atoms with Crippen molar-refractivity contribution in [2.24, 2.45) is 5.92 Å². The smallest absolute Gasteiger partial charge is 0.407 e. The molecule has 2 amide bonds. The Morgan fingerprint density at radius 2 is 1.90 bits per heavy atom. The molecule has 0 saturated heterocycles. The lowest BCUT2D eigenvalue weighted by molar-refractivity contribution is -0.109. The molecule has 0 aromatic heterocycles. The van der Waals surface area contributed by atoms with Gasteiger partial charge in [-0.25, -0.2) is 4.79 Å². The molecule has 1 fully saturated rings. The van der Waals surface area contributed by atoms with Crippen molar-refractivity contribution >= 4 is 12.5 Å². The number of hydrogen-bond acceptors (Lipinski definition) is 3. The summed E-state index contributed by atoms with van der Waals surface area (Å²) in [5.41, 5.74) is 0.983. The summed E-state index contributed by atoms with van der Waals surface area (Å²) in [7, 11) is 0. The van der Waals surface area contributed by atoms with Crippen molar-refractivity contribution < 1.29 is 14.3 Å². The fraction of sp³-hybridized carbons (Fsp3) is 0.500. The summed E-state index contributed by atoms with van der Waals surface area (Å²) in [6, 6.07) is 9.82. The average molecular weight is 290 g/mol. The van der Waals surface area contributed by atoms with Gasteiger partial charge in [0, 0.05) is 12.6 Å². The number of rotatable bonds is 6. The SMILES string of the molecule is O=CNCC1CCC(NC(=O)OCc2ccccc2)CC1. The average Bonchev–Trinajstić information content (AvgIpc) is 2.53. The minimum Gasteiger partial charge on any atom is -0.445 e. The second kappa shape index (κ2) is 8.29. The normalized spacial score (nSPS) is 21.3. The first-order valence-corrected chi connectivity index (χ1v) is 7.42. The molecule has 1 aliphatic rings. The Hall–Kier alpha value is -2.04. The van der Waals surface area contributed by atoms with E-state index in [0.29, 0.717) is 12.5 Å². The van der Waals surface area contributed by atoms with Crippen LogP contribution in [-0.4, -0.2) is 25.1 Å². The van der Waals surface area contributed by atoms with Gasteiger partial charge in [0.1, 0.15) is 6.61 Å². The topological polar surface area (TPSA) is 67.4 Å². The van der Waals surface area contributed by atoms with E-state index in [4.69, 9.17) is 4.74 Å². The quantitative estimate of drug-likeness (QED) is 0.789. The van der Waals surface area contributed by atoms with Gasteiger partial charge in [0.15, 0.2) is 0 Å². The molecule has 0 bridgehead atoms. The molecule has 0 spiro atoms. The summed E-state index contributed by atoms with van der Waals surface area (Å²) < 4.78 is 5.21. The van der Waals surface area contributed by atoms with Crippen molar-refractivity contribution in [2.45, 2.75) is 38.3 Å². The van der Waals surface area contributed by atoms with Crippen LogP contribution in [0.4, 0.5) is 4.79 Å². The van der Waals surface area contributed by atoms with Crippen LogP contribution in [0.2, 0.25) is 0 Å². The zero-order valence-corrected chi connectivity index (χ0v) is 12.1. The number of carbonyl (C=O) groups is 2. The van der Waals surface area contributed by atoms with Crippen LogP contribution in [-0.2, 0) is 16.1 Å². The van der Waals surface area contributed by atoms with E-state index >= 15 is 0 Å². The van der Waals surface area contributed by atoms with Crippen LogP contribution in [0.15, 0.2) is 30.3 Å². The van der Waals surface area contributed by atoms with E-state index in [-0.39, 0.29) is 12.1 Å². The molecule has 1 aromatic rings. The highest BCUT2D eigenvalue weighted by atomic mass is 16.5. The van der Waals surface area contributed by atoms with Gasteiger partial charge in [-0.15, -0.1) is 0 Å². The van der Waals surface area contributed by atoms with Crippen LogP contribution in [0.5, 0.6) is 0 Å². The maximum Gasteiger partial charge on any atom is 0.407 e. The molecule has 2 N–H and O–H groups in total. The number of carbonyl (C=O) groups excluding carboxylic acids is 2. The molecule has 5 nitrogen and oxygen atoms in total. The van der Waals surface area contributed by atoms with Crippen LogP contribution < -0.4 is 10.6 Å². The minimum atomic E-state index is -0.353. The number of amides is 2. The molecule has 0 heterocycles. The van der Waals surface area contributed by atoms with Crippen LogP contribution in [0, 0.1) is 5.92 Å². The van der Waals surface area contributed by atoms with Gasteiger partial charge in [0.2, 0.25) is 6.41 Å². The highest BCUT2D eigenvalue weighted by molar-refractivity contribution is 5.67. The third-order valence-corrected chi connectivity index (χ3v) is 3.87. The van der Waals surface area contributed by atoms with Gasteiger partial charge in [0.05, 0.1) is 0 Å². The Morgan fingerprint density at radius 1 is 1.19 bits per heavy atom. The van der Waals surface area contributed by atoms with E-state index < -0.39 is 0 Å². The Kier molecular flexibility index (Phi) is 6.06. The van der Waals surface area contributed by atoms with Gasteiger partial charge in [-0.05, 0) is 37.2 Å². The summed E-state index contributed by atoms with van der Waals surface area (Å²) in [6.07, 6.45) is 4.30. The van der Waals surface area contributed by atoms with E-state index in [1.54, 1.807) is 0 Å². The molecule has 1 aliphatic carbocycles. The largest absolute Gasteiger partial charge is 0.445 e. The third-order valence-electron chi connectivity index (χ3n) is 3.87. The van der Waals surface area contributed by atoms with Crippen molar-refractivity contribution in [1.82, 2.24) is 10.6 Å². The highest BCUT2D eigenvalue weighted by Gasteiger charge is 2.22. The molecule has 114 valence electrons. The Labute approximate surface area is 125 Å². The van der Waals surface area contributed by atoms with E-state index in [0.717, 1.165) is 44.2 Å². The second-order valence-corrected chi connectivity index (χ2v) is 5.45. The van der Waals surface area contributed by atoms with Crippen molar-refractivity contribution in [3.05, 3.63) is 35.9 Å². The second-order valence-electron chi connectivity index (χ2n) is 5.45. The molecular formula is C16H22N2O3. The Balaban J connectivity index is 1.64. The lowest BCUT2D eigenvalue weighted by Crippen LogP contribution is -2.39. The Morgan fingerprint density at radius 3 is 2.57 bits per heavy atom. The fourth-order valence-electron chi connectivity index (χ4n) is 2.66. The first-order valence-electron chi connectivity index (χ1n) is 7.42. The molecule has 5 heteroatoms. The van der Waals surface area contributed by atoms with Gasteiger partial charge >= 0.3 is 6.09 Å². The predicted molar refractivity (Wildman–Crippen MR) is 79.6 cm³/mol. The molecule has 0 radical (unpaired) electrons. The van der Waals surface area contributed by atoms with Gasteiger partial charge in [-0.1, -0.05) is 30.3 Å². The van der Waals surface area contributed by atoms with Gasteiger partial charge < -0.3 is 15.4 Å². The molecule has 21 heavy (non-hydrogen) atoms. The zero-order chi connectivity index (χ0) is 14.9. The molecule has 0 aliphatic heterocycles. The fourth-order valence-corrected chi connectivity index (χ4v) is 2.66. The molecule has 0 unspecified atom stereocenters. The first kappa shape index (κ1) is 15.4. The third kappa shape index (κ3) is 5.45. The predicted octanol–water partition coefficient (Wildman–Crippen LogP) is 2.22. The van der Waals surface area contributed by atoms with Gasteiger partial charge in [-0.2, -0.15) is 0 Å². The number of alkyl carbamates (subject to hydrolysis) is 1. The van der Waals surface area contributed by atoms with Crippen molar-refractivity contribution in [3.8, 4) is 0 Å². The van der Waals surface area contributed by atoms with E-state index in [1.807, 2.05) is 30.3 Å². The van der Waals surface area contributed by atoms with Crippen LogP contribution in [0.25, 0.3) is 0 Å². The zero-order valence-electron chi connectivity index (χ0n) is 12.1. The summed E-state index contributed by atoms with van der Waals surface area (Å²) in [5.74, 6) is 0.522. The summed E-state index contributed by atoms with van der Waals surface area (Å²) >= 11 is 0. The van der Waals surface area contributed by atoms with Crippen molar-refractivity contribution in [1.29, 1.82) is 0 Å². The number of benzene rings is 1. The molecule has 0 atom stereocenters. The molecule has 2 rings (SSSR count). The first-order chi connectivity index (χ1) is 10.3. The van der Waals surface area contributed by atoms with Gasteiger partial charge in [-0.3, -0.25) is 4.79 Å². The van der Waals surface area contributed by atoms with Crippen molar-refractivity contribution in [3.63, 3.8) is 0 Å². The van der Waals surface area contributed by atoms with Crippen LogP contribution in [0.3, 0.4) is 0 Å². The standard InChI is InChI=1S/C16H22N2O3/c19-12-17-10-13-6-8-15(9-7-13)18-16(20)21-11-14-4-2-1-3-5-14/h1-5,12-13,15H,6-11H2,(H,17,19)(H,18,20). The van der Waals surface area contributed by atoms with Crippen LogP contribution in [0.1, 0.15) is 31.2 Å². The lowest BCUT2D eigenvalue weighted by atomic mass is 9.86. The van der Waals surface area contributed by atoms with Gasteiger partial charge in [0.25, 0.3) is 0 Å².